The largest absolute Gasteiger partial charge is 0.493 e. The average molecular weight is 688 g/mol. The first-order valence-corrected chi connectivity index (χ1v) is 17.8. The molecule has 1 unspecified atom stereocenters. The van der Waals surface area contributed by atoms with Crippen molar-refractivity contribution < 1.29 is 28.5 Å². The molecule has 9 heteroatoms. The van der Waals surface area contributed by atoms with Crippen LogP contribution in [-0.2, 0) is 28.8 Å². The minimum Gasteiger partial charge on any atom is -0.493 e. The van der Waals surface area contributed by atoms with Gasteiger partial charge in [-0.15, -0.1) is 0 Å². The van der Waals surface area contributed by atoms with Crippen LogP contribution in [0.4, 0.5) is 4.79 Å². The molecule has 50 heavy (non-hydrogen) atoms. The van der Waals surface area contributed by atoms with Crippen LogP contribution < -0.4 is 24.8 Å². The van der Waals surface area contributed by atoms with Gasteiger partial charge in [0.2, 0.25) is 0 Å². The summed E-state index contributed by atoms with van der Waals surface area (Å²) in [5, 5.41) is 5.98. The van der Waals surface area contributed by atoms with E-state index in [0.717, 1.165) is 81.5 Å². The molecule has 0 heterocycles. The number of hydrogen-bond acceptors (Lipinski definition) is 7. The molecule has 272 valence electrons. The van der Waals surface area contributed by atoms with Crippen LogP contribution in [0.25, 0.3) is 0 Å². The summed E-state index contributed by atoms with van der Waals surface area (Å²) in [7, 11) is 3.28. The van der Waals surface area contributed by atoms with Crippen molar-refractivity contribution in [3.05, 3.63) is 102 Å². The highest BCUT2D eigenvalue weighted by Crippen LogP contribution is 2.28. The molecule has 2 amide bonds. The number of unbranched alkanes of at least 4 members (excludes halogenated alkanes) is 2. The molecule has 2 N–H and O–H groups in total. The van der Waals surface area contributed by atoms with Gasteiger partial charge in [0.1, 0.15) is 5.75 Å². The third-order valence-corrected chi connectivity index (χ3v) is 8.29. The fourth-order valence-corrected chi connectivity index (χ4v) is 5.70. The summed E-state index contributed by atoms with van der Waals surface area (Å²) in [4.78, 5) is 27.2. The van der Waals surface area contributed by atoms with E-state index in [1.807, 2.05) is 54.7 Å². The number of amides is 2. The van der Waals surface area contributed by atoms with Gasteiger partial charge in [-0.2, -0.15) is 0 Å². The van der Waals surface area contributed by atoms with E-state index in [4.69, 9.17) is 18.9 Å². The molecule has 0 radical (unpaired) electrons. The molecule has 3 aromatic rings. The van der Waals surface area contributed by atoms with Gasteiger partial charge < -0.3 is 34.5 Å². The Kier molecular flexibility index (Phi) is 18.2. The number of nitrogens with one attached hydrogen (secondary N) is 2. The number of alkyl carbamates (subject to hydrolysis) is 1. The topological polar surface area (TPSA) is 98.4 Å². The molecular formula is C41H57N3O6. The number of benzene rings is 3. The molecule has 0 aliphatic carbocycles. The Labute approximate surface area is 299 Å². The van der Waals surface area contributed by atoms with Crippen molar-refractivity contribution in [2.75, 3.05) is 47.1 Å². The molecule has 1 atom stereocenters. The van der Waals surface area contributed by atoms with Crippen LogP contribution in [0.5, 0.6) is 17.2 Å². The third-order valence-electron chi connectivity index (χ3n) is 8.29. The molecule has 0 aliphatic rings. The lowest BCUT2D eigenvalue weighted by molar-refractivity contribution is -0.123. The molecule has 0 fully saturated rings. The molecule has 0 aliphatic heterocycles. The number of rotatable bonds is 24. The normalized spacial score (nSPS) is 11.4. The van der Waals surface area contributed by atoms with Crippen LogP contribution in [0.2, 0.25) is 0 Å². The minimum atomic E-state index is -0.396. The van der Waals surface area contributed by atoms with E-state index < -0.39 is 6.09 Å². The van der Waals surface area contributed by atoms with E-state index in [9.17, 15) is 9.59 Å². The van der Waals surface area contributed by atoms with Gasteiger partial charge in [-0.25, -0.2) is 4.79 Å². The summed E-state index contributed by atoms with van der Waals surface area (Å²) < 4.78 is 22.0. The summed E-state index contributed by atoms with van der Waals surface area (Å²) in [6.45, 7) is 10.9. The number of carbonyl (C=O) groups is 2. The highest BCUT2D eigenvalue weighted by molar-refractivity contribution is 5.77. The Morgan fingerprint density at radius 3 is 2.30 bits per heavy atom. The lowest BCUT2D eigenvalue weighted by Gasteiger charge is -2.25. The maximum atomic E-state index is 12.6. The van der Waals surface area contributed by atoms with Crippen LogP contribution in [0, 0.1) is 5.92 Å². The van der Waals surface area contributed by atoms with E-state index >= 15 is 0 Å². The fraction of sp³-hybridized carbons (Fsp3) is 0.463. The number of hydrogen-bond donors (Lipinski definition) is 2. The number of methoxy groups -OCH3 is 2. The van der Waals surface area contributed by atoms with Crippen molar-refractivity contribution in [1.29, 1.82) is 0 Å². The van der Waals surface area contributed by atoms with Crippen LogP contribution in [0.1, 0.15) is 62.6 Å². The van der Waals surface area contributed by atoms with Gasteiger partial charge in [0.25, 0.3) is 5.91 Å². The zero-order valence-corrected chi connectivity index (χ0v) is 30.5. The first-order chi connectivity index (χ1) is 24.3. The minimum absolute atomic E-state index is 0.0371. The lowest BCUT2D eigenvalue weighted by atomic mass is 10.0. The second-order valence-electron chi connectivity index (χ2n) is 12.9. The Morgan fingerprint density at radius 1 is 0.840 bits per heavy atom. The predicted molar refractivity (Wildman–Crippen MR) is 200 cm³/mol. The van der Waals surface area contributed by atoms with Crippen molar-refractivity contribution in [1.82, 2.24) is 15.5 Å². The zero-order valence-electron chi connectivity index (χ0n) is 30.5. The summed E-state index contributed by atoms with van der Waals surface area (Å²) in [5.74, 6) is 2.51. The second-order valence-corrected chi connectivity index (χ2v) is 12.9. The predicted octanol–water partition coefficient (Wildman–Crippen LogP) is 7.37. The van der Waals surface area contributed by atoms with Gasteiger partial charge >= 0.3 is 6.09 Å². The van der Waals surface area contributed by atoms with Gasteiger partial charge in [0, 0.05) is 25.7 Å². The molecule has 0 saturated heterocycles. The van der Waals surface area contributed by atoms with E-state index in [1.54, 1.807) is 14.2 Å². The highest BCUT2D eigenvalue weighted by atomic mass is 16.5. The average Bonchev–Trinajstić information content (AvgIpc) is 3.12. The smallest absolute Gasteiger partial charge is 0.407 e. The van der Waals surface area contributed by atoms with E-state index in [-0.39, 0.29) is 18.6 Å². The monoisotopic (exact) mass is 687 g/mol. The summed E-state index contributed by atoms with van der Waals surface area (Å²) in [6, 6.07) is 24.0. The van der Waals surface area contributed by atoms with Gasteiger partial charge in [-0.05, 0) is 104 Å². The van der Waals surface area contributed by atoms with Crippen molar-refractivity contribution >= 4 is 12.0 Å². The van der Waals surface area contributed by atoms with Crippen LogP contribution in [-0.4, -0.2) is 70.0 Å². The van der Waals surface area contributed by atoms with E-state index in [0.29, 0.717) is 24.8 Å². The van der Waals surface area contributed by atoms with E-state index in [2.05, 4.69) is 60.2 Å². The van der Waals surface area contributed by atoms with Crippen molar-refractivity contribution in [2.24, 2.45) is 5.92 Å². The molecule has 0 bridgehead atoms. The third kappa shape index (κ3) is 15.7. The van der Waals surface area contributed by atoms with Gasteiger partial charge in [0.15, 0.2) is 18.1 Å². The SMILES string of the molecule is C=CN(CCC(Cc1ccccc1)NC(=O)OCCCCCNC(=O)COc1cccc(CCCc2ccc(OC)c(OC)c2)c1)CC(C)C. The van der Waals surface area contributed by atoms with Gasteiger partial charge in [-0.3, -0.25) is 4.79 Å². The van der Waals surface area contributed by atoms with Crippen molar-refractivity contribution in [2.45, 2.75) is 71.3 Å². The number of nitrogens with zero attached hydrogens (tertiary/aromatic N) is 1. The maximum Gasteiger partial charge on any atom is 0.407 e. The Morgan fingerprint density at radius 2 is 1.58 bits per heavy atom. The lowest BCUT2D eigenvalue weighted by Crippen LogP contribution is -2.39. The summed E-state index contributed by atoms with van der Waals surface area (Å²) in [5.41, 5.74) is 3.52. The van der Waals surface area contributed by atoms with Crippen LogP contribution >= 0.6 is 0 Å². The van der Waals surface area contributed by atoms with Gasteiger partial charge in [0.05, 0.1) is 20.8 Å². The van der Waals surface area contributed by atoms with Crippen molar-refractivity contribution in [3.8, 4) is 17.2 Å². The van der Waals surface area contributed by atoms with Crippen molar-refractivity contribution in [3.63, 3.8) is 0 Å². The quantitative estimate of drug-likeness (QED) is 0.0950. The molecule has 0 aromatic heterocycles. The molecule has 0 saturated carbocycles. The highest BCUT2D eigenvalue weighted by Gasteiger charge is 2.16. The fourth-order valence-electron chi connectivity index (χ4n) is 5.70. The Balaban J connectivity index is 1.28. The summed E-state index contributed by atoms with van der Waals surface area (Å²) >= 11 is 0. The molecule has 0 spiro atoms. The maximum absolute atomic E-state index is 12.6. The first kappa shape index (κ1) is 39.8. The standard InChI is InChI=1S/C41H57N3O6/c1-6-44(30-32(2)3)25-23-36(27-33-15-9-7-10-16-33)43-41(46)49-26-12-8-11-24-42-40(45)31-50-37-20-14-19-34(28-37)17-13-18-35-21-22-38(47-4)39(29-35)48-5/h6-7,9-10,14-16,19-22,28-29,32,36H,1,8,11-13,17-18,23-27,30-31H2,2-5H3,(H,42,45)(H,43,46). The second kappa shape index (κ2) is 22.9. The molecule has 3 aromatic carbocycles. The molecule has 3 rings (SSSR count). The van der Waals surface area contributed by atoms with Crippen LogP contribution in [0.3, 0.4) is 0 Å². The zero-order chi connectivity index (χ0) is 36.0. The Hall–Kier alpha value is -4.66. The van der Waals surface area contributed by atoms with E-state index in [1.165, 1.54) is 11.1 Å². The number of ether oxygens (including phenoxy) is 4. The number of aryl methyl sites for hydroxylation is 2. The molecular weight excluding hydrogens is 630 g/mol. The Bertz CT molecular complexity index is 1430. The van der Waals surface area contributed by atoms with Gasteiger partial charge in [-0.1, -0.05) is 69.0 Å². The molecule has 9 nitrogen and oxygen atoms in total. The first-order valence-electron chi connectivity index (χ1n) is 17.8. The van der Waals surface area contributed by atoms with Crippen LogP contribution in [0.15, 0.2) is 85.6 Å². The summed E-state index contributed by atoms with van der Waals surface area (Å²) in [6.07, 6.45) is 8.12. The number of carbonyl (C=O) groups excluding carboxylic acids is 2.